The number of hydrogen-bond acceptors (Lipinski definition) is 1. The molecule has 1 nitrogen and oxygen atoms in total. The van der Waals surface area contributed by atoms with Crippen LogP contribution >= 0.6 is 0 Å². The minimum Gasteiger partial charge on any atom is -0.298 e. The van der Waals surface area contributed by atoms with Crippen LogP contribution in [0.1, 0.15) is 169 Å². The summed E-state index contributed by atoms with van der Waals surface area (Å²) in [4.78, 5) is 2.84. The molecule has 1 heteroatoms. The summed E-state index contributed by atoms with van der Waals surface area (Å²) >= 11 is 0. The van der Waals surface area contributed by atoms with Gasteiger partial charge in [0, 0.05) is 5.54 Å². The molecule has 0 aliphatic rings. The Morgan fingerprint density at radius 3 is 1.07 bits per heavy atom. The molecule has 0 aromatic heterocycles. The summed E-state index contributed by atoms with van der Waals surface area (Å²) in [6.07, 6.45) is 29.9. The summed E-state index contributed by atoms with van der Waals surface area (Å²) in [5.41, 5.74) is 0.386. The van der Waals surface area contributed by atoms with E-state index in [9.17, 15) is 0 Å². The van der Waals surface area contributed by atoms with Crippen molar-refractivity contribution >= 4 is 0 Å². The Morgan fingerprint density at radius 1 is 0.400 bits per heavy atom. The van der Waals surface area contributed by atoms with Gasteiger partial charge in [0.05, 0.1) is 0 Å². The summed E-state index contributed by atoms with van der Waals surface area (Å²) in [6, 6.07) is 0. The largest absolute Gasteiger partial charge is 0.298 e. The molecule has 0 aromatic carbocycles. The first-order valence-electron chi connectivity index (χ1n) is 14.3. The molecule has 0 radical (unpaired) electrons. The molecule has 0 aliphatic carbocycles. The second kappa shape index (κ2) is 22.2. The molecule has 0 N–H and O–H groups in total. The molecule has 0 rings (SSSR count). The van der Waals surface area contributed by atoms with Gasteiger partial charge in [0.2, 0.25) is 0 Å². The maximum absolute atomic E-state index is 2.84. The zero-order valence-electron chi connectivity index (χ0n) is 22.2. The maximum atomic E-state index is 2.84. The van der Waals surface area contributed by atoms with E-state index in [1.807, 2.05) is 0 Å². The first-order valence-corrected chi connectivity index (χ1v) is 14.3. The van der Waals surface area contributed by atoms with Crippen molar-refractivity contribution in [2.24, 2.45) is 0 Å². The standard InChI is InChI=1S/C29H61N/c1-6-9-12-15-16-17-18-19-20-21-22-23-26-29(4,5)30(27-24-13-10-7-2)28-25-14-11-8-3/h6-28H2,1-5H3. The smallest absolute Gasteiger partial charge is 0.0153 e. The van der Waals surface area contributed by atoms with Gasteiger partial charge in [-0.15, -0.1) is 0 Å². The van der Waals surface area contributed by atoms with E-state index in [4.69, 9.17) is 0 Å². The van der Waals surface area contributed by atoms with Gasteiger partial charge in [0.1, 0.15) is 0 Å². The van der Waals surface area contributed by atoms with Crippen LogP contribution < -0.4 is 0 Å². The van der Waals surface area contributed by atoms with Gasteiger partial charge in [0.15, 0.2) is 0 Å². The van der Waals surface area contributed by atoms with Crippen molar-refractivity contribution in [1.29, 1.82) is 0 Å². The Balaban J connectivity index is 3.92. The van der Waals surface area contributed by atoms with Gasteiger partial charge in [-0.1, -0.05) is 136 Å². The van der Waals surface area contributed by atoms with Gasteiger partial charge in [-0.2, -0.15) is 0 Å². The predicted molar refractivity (Wildman–Crippen MR) is 140 cm³/mol. The normalized spacial score (nSPS) is 12.2. The van der Waals surface area contributed by atoms with Gasteiger partial charge in [-0.05, 0) is 46.2 Å². The van der Waals surface area contributed by atoms with Crippen molar-refractivity contribution in [3.63, 3.8) is 0 Å². The fourth-order valence-electron chi connectivity index (χ4n) is 4.73. The van der Waals surface area contributed by atoms with E-state index in [2.05, 4.69) is 39.5 Å². The fourth-order valence-corrected chi connectivity index (χ4v) is 4.73. The van der Waals surface area contributed by atoms with Crippen molar-refractivity contribution in [3.8, 4) is 0 Å². The monoisotopic (exact) mass is 423 g/mol. The van der Waals surface area contributed by atoms with Crippen molar-refractivity contribution in [1.82, 2.24) is 4.90 Å². The summed E-state index contributed by atoms with van der Waals surface area (Å²) in [7, 11) is 0. The lowest BCUT2D eigenvalue weighted by molar-refractivity contribution is 0.103. The fraction of sp³-hybridized carbons (Fsp3) is 1.00. The molecule has 0 heterocycles. The van der Waals surface area contributed by atoms with E-state index in [1.54, 1.807) is 0 Å². The van der Waals surface area contributed by atoms with Crippen LogP contribution in [0.4, 0.5) is 0 Å². The highest BCUT2D eigenvalue weighted by Gasteiger charge is 2.25. The molecule has 30 heavy (non-hydrogen) atoms. The van der Waals surface area contributed by atoms with Crippen molar-refractivity contribution < 1.29 is 0 Å². The van der Waals surface area contributed by atoms with E-state index < -0.39 is 0 Å². The van der Waals surface area contributed by atoms with Gasteiger partial charge in [0.25, 0.3) is 0 Å². The van der Waals surface area contributed by atoms with Crippen LogP contribution in [0.3, 0.4) is 0 Å². The van der Waals surface area contributed by atoms with E-state index >= 15 is 0 Å². The summed E-state index contributed by atoms with van der Waals surface area (Å²) < 4.78 is 0. The molecular weight excluding hydrogens is 362 g/mol. The zero-order valence-corrected chi connectivity index (χ0v) is 22.2. The number of unbranched alkanes of at least 4 members (excludes halogenated alkanes) is 17. The Labute approximate surface area is 193 Å². The molecule has 0 saturated carbocycles. The first kappa shape index (κ1) is 30.0. The van der Waals surface area contributed by atoms with Gasteiger partial charge in [-0.25, -0.2) is 0 Å². The van der Waals surface area contributed by atoms with Crippen LogP contribution in [-0.2, 0) is 0 Å². The molecule has 182 valence electrons. The molecule has 0 aromatic rings. The lowest BCUT2D eigenvalue weighted by Gasteiger charge is -2.39. The Hall–Kier alpha value is -0.0400. The Kier molecular flexibility index (Phi) is 22.1. The number of nitrogens with zero attached hydrogens (tertiary/aromatic N) is 1. The van der Waals surface area contributed by atoms with E-state index in [-0.39, 0.29) is 0 Å². The van der Waals surface area contributed by atoms with Crippen LogP contribution in [0.15, 0.2) is 0 Å². The minimum absolute atomic E-state index is 0.386. The summed E-state index contributed by atoms with van der Waals surface area (Å²) in [5.74, 6) is 0. The van der Waals surface area contributed by atoms with Crippen molar-refractivity contribution in [2.45, 2.75) is 175 Å². The highest BCUT2D eigenvalue weighted by molar-refractivity contribution is 4.81. The SMILES string of the molecule is CCCCCCCCCCCCCCC(C)(C)N(CCCCCC)CCCCCC. The average molecular weight is 424 g/mol. The quantitative estimate of drug-likeness (QED) is 0.139. The Bertz CT molecular complexity index is 310. The third kappa shape index (κ3) is 18.7. The van der Waals surface area contributed by atoms with Crippen LogP contribution in [-0.4, -0.2) is 23.5 Å². The van der Waals surface area contributed by atoms with Gasteiger partial charge in [-0.3, -0.25) is 4.90 Å². The molecular formula is C29H61N. The van der Waals surface area contributed by atoms with Crippen molar-refractivity contribution in [2.75, 3.05) is 13.1 Å². The molecule has 0 atom stereocenters. The molecule has 0 aliphatic heterocycles. The lowest BCUT2D eigenvalue weighted by Crippen LogP contribution is -2.45. The van der Waals surface area contributed by atoms with E-state index in [1.165, 1.54) is 148 Å². The van der Waals surface area contributed by atoms with Crippen LogP contribution in [0.5, 0.6) is 0 Å². The molecule has 0 fully saturated rings. The molecule has 0 bridgehead atoms. The van der Waals surface area contributed by atoms with Gasteiger partial charge < -0.3 is 0 Å². The summed E-state index contributed by atoms with van der Waals surface area (Å²) in [6.45, 7) is 14.6. The van der Waals surface area contributed by atoms with E-state index in [0.717, 1.165) is 0 Å². The lowest BCUT2D eigenvalue weighted by atomic mass is 9.93. The molecule has 0 spiro atoms. The average Bonchev–Trinajstić information content (AvgIpc) is 2.73. The first-order chi connectivity index (χ1) is 14.6. The third-order valence-corrected chi connectivity index (χ3v) is 7.06. The van der Waals surface area contributed by atoms with E-state index in [0.29, 0.717) is 5.54 Å². The molecule has 0 amide bonds. The predicted octanol–water partition coefficient (Wildman–Crippen LogP) is 10.3. The Morgan fingerprint density at radius 2 is 0.700 bits per heavy atom. The third-order valence-electron chi connectivity index (χ3n) is 7.06. The highest BCUT2D eigenvalue weighted by atomic mass is 15.2. The topological polar surface area (TPSA) is 3.24 Å². The van der Waals surface area contributed by atoms with Crippen LogP contribution in [0.25, 0.3) is 0 Å². The number of hydrogen-bond donors (Lipinski definition) is 0. The minimum atomic E-state index is 0.386. The highest BCUT2D eigenvalue weighted by Crippen LogP contribution is 2.24. The van der Waals surface area contributed by atoms with Crippen LogP contribution in [0.2, 0.25) is 0 Å². The zero-order chi connectivity index (χ0) is 22.3. The summed E-state index contributed by atoms with van der Waals surface area (Å²) in [5, 5.41) is 0. The maximum Gasteiger partial charge on any atom is 0.0153 e. The van der Waals surface area contributed by atoms with Crippen LogP contribution in [0, 0.1) is 0 Å². The molecule has 0 saturated heterocycles. The molecule has 0 unspecified atom stereocenters. The van der Waals surface area contributed by atoms with Gasteiger partial charge >= 0.3 is 0 Å². The second-order valence-corrected chi connectivity index (χ2v) is 10.6. The second-order valence-electron chi connectivity index (χ2n) is 10.6. The number of rotatable bonds is 24. The van der Waals surface area contributed by atoms with Crippen molar-refractivity contribution in [3.05, 3.63) is 0 Å².